The number of pyridine rings is 1. The predicted molar refractivity (Wildman–Crippen MR) is 106 cm³/mol. The minimum absolute atomic E-state index is 0.314. The maximum atomic E-state index is 14.6. The fraction of sp³-hybridized carbons (Fsp3) is 0.0952. The van der Waals surface area contributed by atoms with Crippen molar-refractivity contribution in [1.82, 2.24) is 4.98 Å². The van der Waals surface area contributed by atoms with Gasteiger partial charge in [-0.15, -0.1) is 0 Å². The van der Waals surface area contributed by atoms with Crippen molar-refractivity contribution in [3.05, 3.63) is 87.3 Å². The van der Waals surface area contributed by atoms with Crippen LogP contribution in [-0.4, -0.2) is 4.98 Å². The maximum absolute atomic E-state index is 14.6. The molecule has 3 rings (SSSR count). The van der Waals surface area contributed by atoms with E-state index in [1.54, 1.807) is 31.3 Å². The highest BCUT2D eigenvalue weighted by Gasteiger charge is 2.07. The van der Waals surface area contributed by atoms with E-state index in [1.165, 1.54) is 6.08 Å². The monoisotopic (exact) mass is 371 g/mol. The summed E-state index contributed by atoms with van der Waals surface area (Å²) in [5.74, 6) is -0.314. The lowest BCUT2D eigenvalue weighted by molar-refractivity contribution is 0.670. The molecule has 1 aromatic heterocycles. The fourth-order valence-electron chi connectivity index (χ4n) is 2.55. The zero-order valence-electron chi connectivity index (χ0n) is 13.9. The summed E-state index contributed by atoms with van der Waals surface area (Å²) in [5, 5.41) is 1.92. The first-order chi connectivity index (χ1) is 12.0. The van der Waals surface area contributed by atoms with Gasteiger partial charge in [0.2, 0.25) is 0 Å². The van der Waals surface area contributed by atoms with Gasteiger partial charge in [-0.1, -0.05) is 59.1 Å². The van der Waals surface area contributed by atoms with E-state index in [1.807, 2.05) is 37.3 Å². The second-order valence-corrected chi connectivity index (χ2v) is 6.70. The van der Waals surface area contributed by atoms with Crippen LogP contribution in [0.4, 0.5) is 4.39 Å². The van der Waals surface area contributed by atoms with Crippen LogP contribution in [0.25, 0.3) is 22.6 Å². The van der Waals surface area contributed by atoms with Gasteiger partial charge in [0, 0.05) is 17.1 Å². The van der Waals surface area contributed by atoms with Gasteiger partial charge in [0.25, 0.3) is 0 Å². The molecular weight excluding hydrogens is 356 g/mol. The quantitative estimate of drug-likeness (QED) is 0.441. The van der Waals surface area contributed by atoms with Crippen LogP contribution in [0, 0.1) is 6.92 Å². The van der Waals surface area contributed by atoms with Crippen molar-refractivity contribution in [3.63, 3.8) is 0 Å². The van der Waals surface area contributed by atoms with E-state index in [2.05, 4.69) is 4.98 Å². The van der Waals surface area contributed by atoms with Crippen LogP contribution in [0.1, 0.15) is 23.6 Å². The largest absolute Gasteiger partial charge is 0.254 e. The summed E-state index contributed by atoms with van der Waals surface area (Å²) in [7, 11) is 0. The molecule has 0 aliphatic carbocycles. The number of benzene rings is 2. The van der Waals surface area contributed by atoms with E-state index < -0.39 is 0 Å². The lowest BCUT2D eigenvalue weighted by atomic mass is 10.0. The molecule has 1 nitrogen and oxygen atoms in total. The van der Waals surface area contributed by atoms with E-state index in [0.29, 0.717) is 26.7 Å². The molecule has 0 bridgehead atoms. The minimum Gasteiger partial charge on any atom is -0.254 e. The molecule has 4 heteroatoms. The summed E-state index contributed by atoms with van der Waals surface area (Å²) in [6, 6.07) is 13.2. The number of hydrogen-bond acceptors (Lipinski definition) is 1. The Morgan fingerprint density at radius 2 is 1.80 bits per heavy atom. The van der Waals surface area contributed by atoms with Crippen LogP contribution in [0.15, 0.2) is 60.6 Å². The molecule has 0 saturated heterocycles. The number of rotatable bonds is 3. The van der Waals surface area contributed by atoms with Crippen LogP contribution in [0.2, 0.25) is 10.0 Å². The number of nitrogens with zero attached hydrogens (tertiary/aromatic N) is 1. The predicted octanol–water partition coefficient (Wildman–Crippen LogP) is 7.26. The number of allylic oxidation sites excluding steroid dienone is 3. The molecular formula is C21H16Cl2FN. The van der Waals surface area contributed by atoms with Crippen LogP contribution < -0.4 is 0 Å². The van der Waals surface area contributed by atoms with E-state index >= 15 is 0 Å². The zero-order chi connectivity index (χ0) is 18.0. The Balaban J connectivity index is 2.01. The third kappa shape index (κ3) is 3.92. The molecule has 0 spiro atoms. The Morgan fingerprint density at radius 1 is 1.08 bits per heavy atom. The van der Waals surface area contributed by atoms with Gasteiger partial charge in [0.05, 0.1) is 15.6 Å². The zero-order valence-corrected chi connectivity index (χ0v) is 15.4. The van der Waals surface area contributed by atoms with Crippen molar-refractivity contribution < 1.29 is 4.39 Å². The van der Waals surface area contributed by atoms with Gasteiger partial charge in [-0.25, -0.2) is 4.39 Å². The van der Waals surface area contributed by atoms with Crippen molar-refractivity contribution in [2.24, 2.45) is 0 Å². The first-order valence-electron chi connectivity index (χ1n) is 7.81. The van der Waals surface area contributed by atoms with Crippen molar-refractivity contribution >= 4 is 45.8 Å². The lowest BCUT2D eigenvalue weighted by Crippen LogP contribution is -1.86. The molecule has 126 valence electrons. The van der Waals surface area contributed by atoms with Crippen molar-refractivity contribution in [2.45, 2.75) is 13.8 Å². The summed E-state index contributed by atoms with van der Waals surface area (Å²) in [6.07, 6.45) is 4.63. The molecule has 0 aliphatic heterocycles. The molecule has 0 amide bonds. The van der Waals surface area contributed by atoms with Gasteiger partial charge in [0.15, 0.2) is 0 Å². The Bertz CT molecular complexity index is 989. The molecule has 0 saturated carbocycles. The second-order valence-electron chi connectivity index (χ2n) is 5.86. The van der Waals surface area contributed by atoms with Gasteiger partial charge in [0.1, 0.15) is 5.83 Å². The van der Waals surface area contributed by atoms with Crippen molar-refractivity contribution in [1.29, 1.82) is 0 Å². The first-order valence-corrected chi connectivity index (χ1v) is 8.56. The molecule has 0 N–H and O–H groups in total. The van der Waals surface area contributed by atoms with E-state index in [4.69, 9.17) is 23.2 Å². The Hall–Kier alpha value is -2.16. The Labute approximate surface area is 156 Å². The highest BCUT2D eigenvalue weighted by Crippen LogP contribution is 2.29. The molecule has 3 aromatic rings. The van der Waals surface area contributed by atoms with E-state index in [-0.39, 0.29) is 5.83 Å². The van der Waals surface area contributed by atoms with Gasteiger partial charge < -0.3 is 0 Å². The topological polar surface area (TPSA) is 12.9 Å². The van der Waals surface area contributed by atoms with Gasteiger partial charge in [-0.05, 0) is 49.3 Å². The van der Waals surface area contributed by atoms with Gasteiger partial charge >= 0.3 is 0 Å². The Morgan fingerprint density at radius 3 is 2.52 bits per heavy atom. The highest BCUT2D eigenvalue weighted by atomic mass is 35.5. The normalized spacial score (nSPS) is 12.7. The minimum atomic E-state index is -0.314. The summed E-state index contributed by atoms with van der Waals surface area (Å²) >= 11 is 12.3. The van der Waals surface area contributed by atoms with Crippen molar-refractivity contribution in [3.8, 4) is 0 Å². The Kier molecular flexibility index (Phi) is 5.22. The standard InChI is InChI=1S/C21H16Cl2FN/c1-13-3-5-15(6-4-13)14(2)20(24)10-8-18-19(23)9-7-16-11-17(22)12-25-21(16)18/h3-12H,1-2H3. The molecule has 0 atom stereocenters. The van der Waals surface area contributed by atoms with Gasteiger partial charge in [-0.3, -0.25) is 4.98 Å². The average Bonchev–Trinajstić information content (AvgIpc) is 2.60. The van der Waals surface area contributed by atoms with E-state index in [0.717, 1.165) is 16.5 Å². The first kappa shape index (κ1) is 17.7. The fourth-order valence-corrected chi connectivity index (χ4v) is 2.94. The number of fused-ring (bicyclic) bond motifs is 1. The highest BCUT2D eigenvalue weighted by molar-refractivity contribution is 6.33. The molecule has 0 aliphatic rings. The number of hydrogen-bond donors (Lipinski definition) is 0. The van der Waals surface area contributed by atoms with Gasteiger partial charge in [-0.2, -0.15) is 0 Å². The molecule has 1 heterocycles. The third-order valence-corrected chi connectivity index (χ3v) is 4.58. The number of aromatic nitrogens is 1. The van der Waals surface area contributed by atoms with Crippen molar-refractivity contribution in [2.75, 3.05) is 0 Å². The second kappa shape index (κ2) is 7.38. The summed E-state index contributed by atoms with van der Waals surface area (Å²) < 4.78 is 14.6. The molecule has 0 unspecified atom stereocenters. The van der Waals surface area contributed by atoms with Crippen LogP contribution in [0.5, 0.6) is 0 Å². The molecule has 25 heavy (non-hydrogen) atoms. The summed E-state index contributed by atoms with van der Waals surface area (Å²) in [4.78, 5) is 4.33. The molecule has 0 fully saturated rings. The van der Waals surface area contributed by atoms with Crippen LogP contribution in [0.3, 0.4) is 0 Å². The van der Waals surface area contributed by atoms with E-state index in [9.17, 15) is 4.39 Å². The van der Waals surface area contributed by atoms with Crippen LogP contribution >= 0.6 is 23.2 Å². The number of aryl methyl sites for hydroxylation is 1. The number of halogens is 3. The molecule has 0 radical (unpaired) electrons. The summed E-state index contributed by atoms with van der Waals surface area (Å²) in [5.41, 5.74) is 3.92. The molecule has 2 aromatic carbocycles. The van der Waals surface area contributed by atoms with Crippen LogP contribution in [-0.2, 0) is 0 Å². The third-order valence-electron chi connectivity index (χ3n) is 4.04. The SMILES string of the molecule is CC(=C(F)C=Cc1c(Cl)ccc2cc(Cl)cnc12)c1ccc(C)cc1. The maximum Gasteiger partial charge on any atom is 0.126 e. The lowest BCUT2D eigenvalue weighted by Gasteiger charge is -2.05. The smallest absolute Gasteiger partial charge is 0.126 e. The summed E-state index contributed by atoms with van der Waals surface area (Å²) in [6.45, 7) is 3.76. The average molecular weight is 372 g/mol.